The lowest BCUT2D eigenvalue weighted by Crippen LogP contribution is -2.18. The molecule has 0 N–H and O–H groups in total. The maximum atomic E-state index is 4.67. The normalized spacial score (nSPS) is 20.8. The third-order valence-corrected chi connectivity index (χ3v) is 5.33. The van der Waals surface area contributed by atoms with Crippen LogP contribution in [0.5, 0.6) is 0 Å². The highest BCUT2D eigenvalue weighted by molar-refractivity contribution is 5.80. The number of aliphatic imine (C=N–C) groups is 2. The van der Waals surface area contributed by atoms with Gasteiger partial charge in [0.2, 0.25) is 0 Å². The highest BCUT2D eigenvalue weighted by Crippen LogP contribution is 2.29. The van der Waals surface area contributed by atoms with Crippen molar-refractivity contribution in [1.29, 1.82) is 0 Å². The summed E-state index contributed by atoms with van der Waals surface area (Å²) in [5.41, 5.74) is 5.00. The summed E-state index contributed by atoms with van der Waals surface area (Å²) < 4.78 is 0. The Kier molecular flexibility index (Phi) is 6.76. The van der Waals surface area contributed by atoms with Crippen LogP contribution in [0, 0.1) is 25.7 Å². The van der Waals surface area contributed by atoms with Crippen molar-refractivity contribution in [1.82, 2.24) is 0 Å². The Labute approximate surface area is 158 Å². The Bertz CT molecular complexity index is 652. The van der Waals surface area contributed by atoms with Crippen LogP contribution >= 0.6 is 0 Å². The highest BCUT2D eigenvalue weighted by Gasteiger charge is 2.20. The van der Waals surface area contributed by atoms with Gasteiger partial charge in [-0.15, -0.1) is 0 Å². The molecule has 26 heavy (non-hydrogen) atoms. The molecule has 0 saturated heterocycles. The quantitative estimate of drug-likeness (QED) is 0.604. The van der Waals surface area contributed by atoms with Gasteiger partial charge in [0.15, 0.2) is 0 Å². The zero-order valence-electron chi connectivity index (χ0n) is 16.1. The van der Waals surface area contributed by atoms with Crippen LogP contribution in [0.25, 0.3) is 0 Å². The minimum absolute atomic E-state index is 0.744. The van der Waals surface area contributed by atoms with E-state index in [2.05, 4.69) is 72.4 Å². The largest absolute Gasteiger partial charge is 0.292 e. The second-order valence-electron chi connectivity index (χ2n) is 7.70. The van der Waals surface area contributed by atoms with E-state index in [9.17, 15) is 0 Å². The first-order chi connectivity index (χ1) is 12.7. The zero-order chi connectivity index (χ0) is 18.2. The Balaban J connectivity index is 1.37. The van der Waals surface area contributed by atoms with E-state index in [-0.39, 0.29) is 0 Å². The lowest BCUT2D eigenvalue weighted by atomic mass is 9.82. The van der Waals surface area contributed by atoms with Gasteiger partial charge in [-0.05, 0) is 62.5 Å². The van der Waals surface area contributed by atoms with Gasteiger partial charge in [-0.1, -0.05) is 59.7 Å². The topological polar surface area (TPSA) is 24.7 Å². The number of nitrogens with zero attached hydrogens (tertiary/aromatic N) is 2. The average Bonchev–Trinajstić information content (AvgIpc) is 2.66. The predicted octanol–water partition coefficient (Wildman–Crippen LogP) is 5.65. The molecule has 0 aliphatic heterocycles. The van der Waals surface area contributed by atoms with Crippen LogP contribution in [0.4, 0.5) is 0 Å². The minimum atomic E-state index is 0.744. The molecule has 0 bridgehead atoms. The first-order valence-corrected chi connectivity index (χ1v) is 9.82. The van der Waals surface area contributed by atoms with Crippen LogP contribution in [-0.4, -0.2) is 25.5 Å². The fourth-order valence-electron chi connectivity index (χ4n) is 3.52. The molecular weight excluding hydrogens is 316 g/mol. The molecule has 0 radical (unpaired) electrons. The van der Waals surface area contributed by atoms with Crippen molar-refractivity contribution in [2.24, 2.45) is 21.8 Å². The maximum absolute atomic E-state index is 4.67. The average molecular weight is 347 g/mol. The number of rotatable bonds is 6. The van der Waals surface area contributed by atoms with E-state index in [1.807, 2.05) is 12.4 Å². The van der Waals surface area contributed by atoms with Gasteiger partial charge in [0.25, 0.3) is 0 Å². The van der Waals surface area contributed by atoms with Gasteiger partial charge in [0.05, 0.1) is 0 Å². The molecule has 136 valence electrons. The van der Waals surface area contributed by atoms with Crippen LogP contribution in [0.15, 0.2) is 58.5 Å². The summed E-state index contributed by atoms with van der Waals surface area (Å²) >= 11 is 0. The van der Waals surface area contributed by atoms with Crippen molar-refractivity contribution in [2.45, 2.75) is 39.5 Å². The van der Waals surface area contributed by atoms with E-state index >= 15 is 0 Å². The number of aryl methyl sites for hydroxylation is 2. The summed E-state index contributed by atoms with van der Waals surface area (Å²) in [4.78, 5) is 9.35. The molecular formula is C24H30N2. The van der Waals surface area contributed by atoms with Gasteiger partial charge >= 0.3 is 0 Å². The van der Waals surface area contributed by atoms with Crippen LogP contribution in [0.1, 0.15) is 47.9 Å². The second-order valence-corrected chi connectivity index (χ2v) is 7.70. The highest BCUT2D eigenvalue weighted by atomic mass is 14.7. The summed E-state index contributed by atoms with van der Waals surface area (Å²) in [7, 11) is 0. The lowest BCUT2D eigenvalue weighted by Gasteiger charge is -2.26. The Morgan fingerprint density at radius 1 is 0.654 bits per heavy atom. The van der Waals surface area contributed by atoms with E-state index < -0.39 is 0 Å². The van der Waals surface area contributed by atoms with Gasteiger partial charge < -0.3 is 0 Å². The van der Waals surface area contributed by atoms with Gasteiger partial charge in [0, 0.05) is 25.5 Å². The van der Waals surface area contributed by atoms with Crippen molar-refractivity contribution >= 4 is 12.4 Å². The standard InChI is InChI=1S/C24H30N2/c1-19-3-7-21(8-4-19)15-25-17-23-11-13-24(14-12-23)18-26-16-22-9-5-20(2)6-10-22/h3-10,15-16,23-24H,11-14,17-18H2,1-2H3/b25-15+,26-16+. The number of hydrogen-bond donors (Lipinski definition) is 0. The van der Waals surface area contributed by atoms with Crippen LogP contribution in [0.2, 0.25) is 0 Å². The Hall–Kier alpha value is -2.22. The molecule has 1 saturated carbocycles. The SMILES string of the molecule is Cc1ccc(/C=N/CC2CCC(C/N=C/c3ccc(C)cc3)CC2)cc1. The molecule has 2 aromatic carbocycles. The Morgan fingerprint density at radius 3 is 1.35 bits per heavy atom. The summed E-state index contributed by atoms with van der Waals surface area (Å²) in [6.45, 7) is 6.16. The van der Waals surface area contributed by atoms with E-state index in [1.54, 1.807) is 0 Å². The van der Waals surface area contributed by atoms with Crippen molar-refractivity contribution in [3.8, 4) is 0 Å². The van der Waals surface area contributed by atoms with Gasteiger partial charge in [-0.2, -0.15) is 0 Å². The first kappa shape index (κ1) is 18.6. The molecule has 1 fully saturated rings. The van der Waals surface area contributed by atoms with Crippen molar-refractivity contribution in [3.63, 3.8) is 0 Å². The molecule has 2 aromatic rings. The molecule has 0 heterocycles. The monoisotopic (exact) mass is 346 g/mol. The fourth-order valence-corrected chi connectivity index (χ4v) is 3.52. The van der Waals surface area contributed by atoms with Crippen LogP contribution in [-0.2, 0) is 0 Å². The minimum Gasteiger partial charge on any atom is -0.292 e. The summed E-state index contributed by atoms with van der Waals surface area (Å²) in [5.74, 6) is 1.49. The van der Waals surface area contributed by atoms with Crippen molar-refractivity contribution < 1.29 is 0 Å². The smallest absolute Gasteiger partial charge is 0.0417 e. The zero-order valence-corrected chi connectivity index (χ0v) is 16.1. The molecule has 0 amide bonds. The molecule has 2 heteroatoms. The van der Waals surface area contributed by atoms with Crippen molar-refractivity contribution in [3.05, 3.63) is 70.8 Å². The molecule has 0 aromatic heterocycles. The molecule has 0 unspecified atom stereocenters. The van der Waals surface area contributed by atoms with Crippen LogP contribution < -0.4 is 0 Å². The fraction of sp³-hybridized carbons (Fsp3) is 0.417. The number of hydrogen-bond acceptors (Lipinski definition) is 2. The molecule has 3 rings (SSSR count). The molecule has 2 nitrogen and oxygen atoms in total. The molecule has 0 spiro atoms. The Morgan fingerprint density at radius 2 is 1.00 bits per heavy atom. The van der Waals surface area contributed by atoms with E-state index in [1.165, 1.54) is 47.9 Å². The van der Waals surface area contributed by atoms with Gasteiger partial charge in [-0.25, -0.2) is 0 Å². The summed E-state index contributed by atoms with van der Waals surface area (Å²) in [6, 6.07) is 17.1. The predicted molar refractivity (Wildman–Crippen MR) is 113 cm³/mol. The summed E-state index contributed by atoms with van der Waals surface area (Å²) in [5, 5.41) is 0. The van der Waals surface area contributed by atoms with E-state index in [0.29, 0.717) is 0 Å². The first-order valence-electron chi connectivity index (χ1n) is 9.82. The third-order valence-electron chi connectivity index (χ3n) is 5.33. The molecule has 1 aliphatic carbocycles. The summed E-state index contributed by atoms with van der Waals surface area (Å²) in [6.07, 6.45) is 9.20. The molecule has 0 atom stereocenters. The molecule has 1 aliphatic rings. The van der Waals surface area contributed by atoms with E-state index in [4.69, 9.17) is 0 Å². The van der Waals surface area contributed by atoms with Gasteiger partial charge in [-0.3, -0.25) is 9.98 Å². The third kappa shape index (κ3) is 5.94. The second kappa shape index (κ2) is 9.47. The van der Waals surface area contributed by atoms with Gasteiger partial charge in [0.1, 0.15) is 0 Å². The lowest BCUT2D eigenvalue weighted by molar-refractivity contribution is 0.286. The van der Waals surface area contributed by atoms with Crippen LogP contribution in [0.3, 0.4) is 0 Å². The number of benzene rings is 2. The maximum Gasteiger partial charge on any atom is 0.0417 e. The van der Waals surface area contributed by atoms with Crippen molar-refractivity contribution in [2.75, 3.05) is 13.1 Å². The van der Waals surface area contributed by atoms with E-state index in [0.717, 1.165) is 24.9 Å².